The molecule has 2 aromatic rings. The average Bonchev–Trinajstić information content (AvgIpc) is 2.75. The van der Waals surface area contributed by atoms with Gasteiger partial charge in [0.2, 0.25) is 0 Å². The Kier molecular flexibility index (Phi) is 3.38. The van der Waals surface area contributed by atoms with Gasteiger partial charge in [-0.15, -0.1) is 0 Å². The second kappa shape index (κ2) is 4.96. The van der Waals surface area contributed by atoms with Crippen molar-refractivity contribution in [3.63, 3.8) is 0 Å². The number of anilines is 1. The Labute approximate surface area is 99.2 Å². The fourth-order valence-corrected chi connectivity index (χ4v) is 1.76. The summed E-state index contributed by atoms with van der Waals surface area (Å²) in [7, 11) is 0. The molecule has 1 aromatic heterocycles. The molecule has 0 bridgehead atoms. The molecule has 84 valence electrons. The van der Waals surface area contributed by atoms with Crippen LogP contribution in [-0.2, 0) is 0 Å². The summed E-state index contributed by atoms with van der Waals surface area (Å²) in [5.74, 6) is 0. The number of nitrogens with two attached hydrogens (primary N) is 1. The smallest absolute Gasteiger partial charge is 0.170 e. The lowest BCUT2D eigenvalue weighted by Crippen LogP contribution is -2.32. The number of nitrogens with one attached hydrogen (secondary N) is 3. The van der Waals surface area contributed by atoms with Crippen molar-refractivity contribution in [2.24, 2.45) is 5.73 Å². The van der Waals surface area contributed by atoms with Gasteiger partial charge >= 0.3 is 0 Å². The molecule has 5 heteroatoms. The number of rotatable bonds is 3. The topological polar surface area (TPSA) is 65.9 Å². The van der Waals surface area contributed by atoms with E-state index in [4.69, 9.17) is 18.0 Å². The van der Waals surface area contributed by atoms with Gasteiger partial charge < -0.3 is 21.4 Å². The van der Waals surface area contributed by atoms with E-state index in [9.17, 15) is 0 Å². The van der Waals surface area contributed by atoms with Crippen molar-refractivity contribution >= 4 is 33.9 Å². The summed E-state index contributed by atoms with van der Waals surface area (Å²) in [6.45, 7) is 1.24. The second-order valence-corrected chi connectivity index (χ2v) is 3.82. The fourth-order valence-electron chi connectivity index (χ4n) is 1.55. The molecule has 0 fully saturated rings. The van der Waals surface area contributed by atoms with Gasteiger partial charge in [-0.2, -0.15) is 0 Å². The van der Waals surface area contributed by atoms with Crippen molar-refractivity contribution in [3.8, 4) is 0 Å². The third kappa shape index (κ3) is 2.32. The minimum Gasteiger partial charge on any atom is -0.361 e. The van der Waals surface area contributed by atoms with Gasteiger partial charge in [-0.3, -0.25) is 0 Å². The molecule has 4 nitrogen and oxygen atoms in total. The van der Waals surface area contributed by atoms with Crippen molar-refractivity contribution in [2.45, 2.75) is 0 Å². The normalized spacial score (nSPS) is 10.3. The average molecular weight is 234 g/mol. The van der Waals surface area contributed by atoms with Crippen LogP contribution in [0.25, 0.3) is 10.9 Å². The zero-order chi connectivity index (χ0) is 11.4. The molecule has 0 aliphatic rings. The van der Waals surface area contributed by atoms with Crippen molar-refractivity contribution in [2.75, 3.05) is 18.4 Å². The minimum atomic E-state index is 0.566. The maximum absolute atomic E-state index is 5.39. The van der Waals surface area contributed by atoms with Gasteiger partial charge in [0.15, 0.2) is 5.11 Å². The molecule has 5 N–H and O–H groups in total. The first-order valence-electron chi connectivity index (χ1n) is 5.12. The highest BCUT2D eigenvalue weighted by molar-refractivity contribution is 7.80. The molecule has 2 rings (SSSR count). The third-order valence-electron chi connectivity index (χ3n) is 2.27. The van der Waals surface area contributed by atoms with E-state index in [2.05, 4.69) is 15.6 Å². The van der Waals surface area contributed by atoms with Crippen molar-refractivity contribution in [1.29, 1.82) is 0 Å². The Hall–Kier alpha value is -1.59. The lowest BCUT2D eigenvalue weighted by Gasteiger charge is -2.10. The Morgan fingerprint density at radius 1 is 1.38 bits per heavy atom. The van der Waals surface area contributed by atoms with Crippen LogP contribution in [0.15, 0.2) is 30.5 Å². The monoisotopic (exact) mass is 234 g/mol. The molecule has 1 heterocycles. The first-order valence-corrected chi connectivity index (χ1v) is 5.53. The summed E-state index contributed by atoms with van der Waals surface area (Å²) in [6.07, 6.45) is 1.91. The fraction of sp³-hybridized carbons (Fsp3) is 0.182. The predicted molar refractivity (Wildman–Crippen MR) is 71.6 cm³/mol. The van der Waals surface area contributed by atoms with Gasteiger partial charge in [0.1, 0.15) is 0 Å². The highest BCUT2D eigenvalue weighted by atomic mass is 32.1. The Morgan fingerprint density at radius 2 is 2.25 bits per heavy atom. The van der Waals surface area contributed by atoms with E-state index in [-0.39, 0.29) is 0 Å². The summed E-state index contributed by atoms with van der Waals surface area (Å²) >= 11 is 5.15. The lowest BCUT2D eigenvalue weighted by molar-refractivity contribution is 0.883. The standard InChI is InChI=1S/C11H14N4S/c12-5-7-14-11(16)15-10-3-1-2-9-8(10)4-6-13-9/h1-4,6,13H,5,7,12H2,(H2,14,15,16). The lowest BCUT2D eigenvalue weighted by atomic mass is 10.2. The first kappa shape index (κ1) is 10.9. The van der Waals surface area contributed by atoms with Crippen LogP contribution in [0, 0.1) is 0 Å². The number of hydrogen-bond acceptors (Lipinski definition) is 2. The zero-order valence-electron chi connectivity index (χ0n) is 8.79. The molecule has 0 saturated heterocycles. The Bertz CT molecular complexity index is 491. The second-order valence-electron chi connectivity index (χ2n) is 3.41. The third-order valence-corrected chi connectivity index (χ3v) is 2.52. The highest BCUT2D eigenvalue weighted by Gasteiger charge is 2.02. The molecule has 16 heavy (non-hydrogen) atoms. The van der Waals surface area contributed by atoms with Crippen LogP contribution in [-0.4, -0.2) is 23.2 Å². The van der Waals surface area contributed by atoms with Crippen LogP contribution in [0.4, 0.5) is 5.69 Å². The van der Waals surface area contributed by atoms with Gasteiger partial charge in [0, 0.05) is 35.9 Å². The number of aromatic nitrogens is 1. The highest BCUT2D eigenvalue weighted by Crippen LogP contribution is 2.21. The van der Waals surface area contributed by atoms with Crippen LogP contribution >= 0.6 is 12.2 Å². The molecular weight excluding hydrogens is 220 g/mol. The maximum atomic E-state index is 5.39. The van der Waals surface area contributed by atoms with Gasteiger partial charge in [-0.05, 0) is 30.4 Å². The molecule has 0 aliphatic carbocycles. The van der Waals surface area contributed by atoms with Crippen LogP contribution in [0.3, 0.4) is 0 Å². The van der Waals surface area contributed by atoms with E-state index >= 15 is 0 Å². The largest absolute Gasteiger partial charge is 0.361 e. The quantitative estimate of drug-likeness (QED) is 0.606. The molecule has 0 aliphatic heterocycles. The summed E-state index contributed by atoms with van der Waals surface area (Å²) in [4.78, 5) is 3.15. The summed E-state index contributed by atoms with van der Waals surface area (Å²) in [5, 5.41) is 7.89. The van der Waals surface area contributed by atoms with Gasteiger partial charge in [-0.25, -0.2) is 0 Å². The minimum absolute atomic E-state index is 0.566. The van der Waals surface area contributed by atoms with E-state index in [0.29, 0.717) is 18.2 Å². The number of thiocarbonyl (C=S) groups is 1. The molecule has 0 atom stereocenters. The molecule has 0 saturated carbocycles. The molecule has 0 spiro atoms. The predicted octanol–water partition coefficient (Wildman–Crippen LogP) is 1.41. The first-order chi connectivity index (χ1) is 7.81. The van der Waals surface area contributed by atoms with Crippen LogP contribution in [0.1, 0.15) is 0 Å². The molecule has 1 aromatic carbocycles. The summed E-state index contributed by atoms with van der Waals surface area (Å²) < 4.78 is 0. The van der Waals surface area contributed by atoms with Gasteiger partial charge in [-0.1, -0.05) is 6.07 Å². The van der Waals surface area contributed by atoms with Gasteiger partial charge in [0.05, 0.1) is 0 Å². The number of hydrogen-bond donors (Lipinski definition) is 4. The Morgan fingerprint density at radius 3 is 3.06 bits per heavy atom. The molecule has 0 radical (unpaired) electrons. The van der Waals surface area contributed by atoms with Gasteiger partial charge in [0.25, 0.3) is 0 Å². The molecular formula is C11H14N4S. The Balaban J connectivity index is 2.14. The molecule has 0 unspecified atom stereocenters. The van der Waals surface area contributed by atoms with Crippen LogP contribution in [0.5, 0.6) is 0 Å². The summed E-state index contributed by atoms with van der Waals surface area (Å²) in [6, 6.07) is 8.01. The van der Waals surface area contributed by atoms with Crippen LogP contribution in [0.2, 0.25) is 0 Å². The maximum Gasteiger partial charge on any atom is 0.170 e. The number of aromatic amines is 1. The van der Waals surface area contributed by atoms with E-state index in [1.54, 1.807) is 0 Å². The van der Waals surface area contributed by atoms with Crippen molar-refractivity contribution in [1.82, 2.24) is 10.3 Å². The number of benzene rings is 1. The van der Waals surface area contributed by atoms with E-state index in [1.807, 2.05) is 30.5 Å². The van der Waals surface area contributed by atoms with E-state index < -0.39 is 0 Å². The number of fused-ring (bicyclic) bond motifs is 1. The summed E-state index contributed by atoms with van der Waals surface area (Å²) in [5.41, 5.74) is 7.47. The van der Waals surface area contributed by atoms with Crippen molar-refractivity contribution in [3.05, 3.63) is 30.5 Å². The van der Waals surface area contributed by atoms with Crippen molar-refractivity contribution < 1.29 is 0 Å². The SMILES string of the molecule is NCCNC(=S)Nc1cccc2[nH]ccc12. The van der Waals surface area contributed by atoms with Crippen LogP contribution < -0.4 is 16.4 Å². The zero-order valence-corrected chi connectivity index (χ0v) is 9.60. The van der Waals surface area contributed by atoms with E-state index in [1.165, 1.54) is 0 Å². The number of H-pyrrole nitrogens is 1. The van der Waals surface area contributed by atoms with E-state index in [0.717, 1.165) is 16.6 Å². The molecule has 0 amide bonds.